The molecule has 19 heavy (non-hydrogen) atoms. The van der Waals surface area contributed by atoms with Crippen molar-refractivity contribution in [1.29, 1.82) is 0 Å². The smallest absolute Gasteiger partial charge is 0.371 e. The van der Waals surface area contributed by atoms with E-state index in [0.29, 0.717) is 17.6 Å². The highest BCUT2D eigenvalue weighted by atomic mass is 16.4. The van der Waals surface area contributed by atoms with Gasteiger partial charge in [-0.15, -0.1) is 0 Å². The predicted octanol–water partition coefficient (Wildman–Crippen LogP) is 2.03. The number of carbonyl (C=O) groups excluding carboxylic acids is 1. The molecule has 0 unspecified atom stereocenters. The molecule has 1 amide bonds. The van der Waals surface area contributed by atoms with Crippen LogP contribution in [0.25, 0.3) is 0 Å². The van der Waals surface area contributed by atoms with Crippen LogP contribution in [0.2, 0.25) is 0 Å². The standard InChI is InChI=1S/C14H17NO4/c16-13(12(8-1-2-8)9-3-4-9)15-7-10-5-6-11(19-10)14(17)18/h5-6,8-9,12H,1-4,7H2,(H,15,16)(H,17,18). The molecule has 0 bridgehead atoms. The van der Waals surface area contributed by atoms with Gasteiger partial charge in [0.1, 0.15) is 5.76 Å². The van der Waals surface area contributed by atoms with Gasteiger partial charge >= 0.3 is 5.97 Å². The fraction of sp³-hybridized carbons (Fsp3) is 0.571. The molecule has 1 heterocycles. The summed E-state index contributed by atoms with van der Waals surface area (Å²) >= 11 is 0. The maximum Gasteiger partial charge on any atom is 0.371 e. The lowest BCUT2D eigenvalue weighted by atomic mass is 9.97. The number of furan rings is 1. The number of aromatic carboxylic acids is 1. The van der Waals surface area contributed by atoms with Crippen LogP contribution >= 0.6 is 0 Å². The maximum absolute atomic E-state index is 12.2. The van der Waals surface area contributed by atoms with Crippen molar-refractivity contribution in [3.8, 4) is 0 Å². The molecule has 3 rings (SSSR count). The van der Waals surface area contributed by atoms with Crippen LogP contribution in [0.5, 0.6) is 0 Å². The molecular formula is C14H17NO4. The van der Waals surface area contributed by atoms with E-state index in [0.717, 1.165) is 0 Å². The molecule has 0 aromatic carbocycles. The zero-order chi connectivity index (χ0) is 13.4. The van der Waals surface area contributed by atoms with Crippen LogP contribution in [-0.4, -0.2) is 17.0 Å². The molecule has 2 aliphatic rings. The number of carboxylic acid groups (broad SMARTS) is 1. The molecule has 1 aromatic heterocycles. The number of amides is 1. The Labute approximate surface area is 111 Å². The highest BCUT2D eigenvalue weighted by Crippen LogP contribution is 2.49. The van der Waals surface area contributed by atoms with Gasteiger partial charge in [-0.25, -0.2) is 4.79 Å². The zero-order valence-electron chi connectivity index (χ0n) is 10.6. The summed E-state index contributed by atoms with van der Waals surface area (Å²) in [7, 11) is 0. The van der Waals surface area contributed by atoms with E-state index in [1.54, 1.807) is 6.07 Å². The van der Waals surface area contributed by atoms with Crippen molar-refractivity contribution >= 4 is 11.9 Å². The van der Waals surface area contributed by atoms with Crippen molar-refractivity contribution in [2.24, 2.45) is 17.8 Å². The molecule has 0 spiro atoms. The molecule has 2 fully saturated rings. The normalized spacial score (nSPS) is 18.6. The molecule has 1 aromatic rings. The van der Waals surface area contributed by atoms with Crippen LogP contribution in [-0.2, 0) is 11.3 Å². The van der Waals surface area contributed by atoms with E-state index in [4.69, 9.17) is 9.52 Å². The molecule has 2 saturated carbocycles. The highest BCUT2D eigenvalue weighted by Gasteiger charge is 2.45. The van der Waals surface area contributed by atoms with Crippen molar-refractivity contribution in [1.82, 2.24) is 5.32 Å². The third-order valence-electron chi connectivity index (χ3n) is 3.87. The van der Waals surface area contributed by atoms with Crippen LogP contribution in [0.3, 0.4) is 0 Å². The van der Waals surface area contributed by atoms with Gasteiger partial charge < -0.3 is 14.8 Å². The molecule has 2 N–H and O–H groups in total. The van der Waals surface area contributed by atoms with E-state index in [-0.39, 0.29) is 24.1 Å². The van der Waals surface area contributed by atoms with Crippen LogP contribution in [0.1, 0.15) is 42.0 Å². The Kier molecular flexibility index (Phi) is 3.05. The second-order valence-electron chi connectivity index (χ2n) is 5.49. The predicted molar refractivity (Wildman–Crippen MR) is 66.5 cm³/mol. The first-order valence-electron chi connectivity index (χ1n) is 6.75. The third-order valence-corrected chi connectivity index (χ3v) is 3.87. The average molecular weight is 263 g/mol. The van der Waals surface area contributed by atoms with E-state index >= 15 is 0 Å². The first kappa shape index (κ1) is 12.3. The fourth-order valence-electron chi connectivity index (χ4n) is 2.60. The van der Waals surface area contributed by atoms with Gasteiger partial charge in [0, 0.05) is 5.92 Å². The molecule has 0 saturated heterocycles. The summed E-state index contributed by atoms with van der Waals surface area (Å²) in [6.45, 7) is 0.266. The van der Waals surface area contributed by atoms with Gasteiger partial charge in [-0.05, 0) is 49.7 Å². The third kappa shape index (κ3) is 2.80. The summed E-state index contributed by atoms with van der Waals surface area (Å²) in [5.74, 6) is 0.692. The van der Waals surface area contributed by atoms with E-state index < -0.39 is 5.97 Å². The van der Waals surface area contributed by atoms with Crippen molar-refractivity contribution in [2.45, 2.75) is 32.2 Å². The molecule has 2 aliphatic carbocycles. The lowest BCUT2D eigenvalue weighted by molar-refractivity contribution is -0.126. The number of nitrogens with one attached hydrogen (secondary N) is 1. The largest absolute Gasteiger partial charge is 0.475 e. The summed E-state index contributed by atoms with van der Waals surface area (Å²) in [4.78, 5) is 22.8. The van der Waals surface area contributed by atoms with Gasteiger partial charge in [0.2, 0.25) is 11.7 Å². The molecule has 0 aliphatic heterocycles. The van der Waals surface area contributed by atoms with Gasteiger partial charge in [-0.2, -0.15) is 0 Å². The minimum atomic E-state index is -1.09. The number of hydrogen-bond acceptors (Lipinski definition) is 3. The van der Waals surface area contributed by atoms with Crippen molar-refractivity contribution < 1.29 is 19.1 Å². The minimum Gasteiger partial charge on any atom is -0.475 e. The molecule has 0 radical (unpaired) electrons. The topological polar surface area (TPSA) is 79.5 Å². The Hall–Kier alpha value is -1.78. The van der Waals surface area contributed by atoms with Gasteiger partial charge in [0.05, 0.1) is 6.54 Å². The Bertz CT molecular complexity index is 487. The summed E-state index contributed by atoms with van der Waals surface area (Å²) in [5.41, 5.74) is 0. The molecule has 5 nitrogen and oxygen atoms in total. The first-order valence-corrected chi connectivity index (χ1v) is 6.75. The Morgan fingerprint density at radius 2 is 1.89 bits per heavy atom. The Balaban J connectivity index is 1.55. The molecule has 0 atom stereocenters. The second kappa shape index (κ2) is 4.72. The summed E-state index contributed by atoms with van der Waals surface area (Å²) < 4.78 is 5.11. The van der Waals surface area contributed by atoms with Crippen molar-refractivity contribution in [2.75, 3.05) is 0 Å². The first-order chi connectivity index (χ1) is 9.15. The molecular weight excluding hydrogens is 246 g/mol. The van der Waals surface area contributed by atoms with Crippen LogP contribution < -0.4 is 5.32 Å². The van der Waals surface area contributed by atoms with E-state index in [9.17, 15) is 9.59 Å². The molecule has 102 valence electrons. The minimum absolute atomic E-state index is 0.0924. The van der Waals surface area contributed by atoms with Crippen LogP contribution in [0.15, 0.2) is 16.5 Å². The van der Waals surface area contributed by atoms with Gasteiger partial charge in [-0.3, -0.25) is 4.79 Å². The van der Waals surface area contributed by atoms with Crippen molar-refractivity contribution in [3.05, 3.63) is 23.7 Å². The van der Waals surface area contributed by atoms with Gasteiger partial charge in [0.15, 0.2) is 0 Å². The SMILES string of the molecule is O=C(O)c1ccc(CNC(=O)C(C2CC2)C2CC2)o1. The number of hydrogen-bond donors (Lipinski definition) is 2. The number of carbonyl (C=O) groups is 2. The summed E-state index contributed by atoms with van der Waals surface area (Å²) in [5, 5.41) is 11.6. The van der Waals surface area contributed by atoms with E-state index in [2.05, 4.69) is 5.32 Å². The number of rotatable bonds is 6. The quantitative estimate of drug-likeness (QED) is 0.823. The Morgan fingerprint density at radius 1 is 1.26 bits per heavy atom. The summed E-state index contributed by atoms with van der Waals surface area (Å²) in [6.07, 6.45) is 4.66. The molecule has 5 heteroatoms. The van der Waals surface area contributed by atoms with E-state index in [1.165, 1.54) is 31.7 Å². The van der Waals surface area contributed by atoms with Gasteiger partial charge in [-0.1, -0.05) is 0 Å². The zero-order valence-corrected chi connectivity index (χ0v) is 10.6. The lowest BCUT2D eigenvalue weighted by Gasteiger charge is -2.14. The monoisotopic (exact) mass is 263 g/mol. The lowest BCUT2D eigenvalue weighted by Crippen LogP contribution is -2.32. The maximum atomic E-state index is 12.2. The van der Waals surface area contributed by atoms with E-state index in [1.807, 2.05) is 0 Å². The summed E-state index contributed by atoms with van der Waals surface area (Å²) in [6, 6.07) is 3.00. The van der Waals surface area contributed by atoms with Gasteiger partial charge in [0.25, 0.3) is 0 Å². The van der Waals surface area contributed by atoms with Crippen LogP contribution in [0.4, 0.5) is 0 Å². The van der Waals surface area contributed by atoms with Crippen LogP contribution in [0, 0.1) is 17.8 Å². The fourth-order valence-corrected chi connectivity index (χ4v) is 2.60. The Morgan fingerprint density at radius 3 is 2.37 bits per heavy atom. The number of carboxylic acids is 1. The highest BCUT2D eigenvalue weighted by molar-refractivity contribution is 5.84. The average Bonchev–Trinajstić information content (AvgIpc) is 3.29. The second-order valence-corrected chi connectivity index (χ2v) is 5.49. The van der Waals surface area contributed by atoms with Crippen molar-refractivity contribution in [3.63, 3.8) is 0 Å².